The molecule has 0 fully saturated rings. The minimum absolute atomic E-state index is 0.170. The number of aliphatic imine (C=N–C) groups is 1. The Morgan fingerprint density at radius 1 is 1.53 bits per heavy atom. The molecule has 0 aliphatic carbocycles. The van der Waals surface area contributed by atoms with Gasteiger partial charge in [-0.2, -0.15) is 0 Å². The number of rotatable bonds is 6. The summed E-state index contributed by atoms with van der Waals surface area (Å²) in [7, 11) is 3.14. The van der Waals surface area contributed by atoms with Crippen molar-refractivity contribution in [3.8, 4) is 0 Å². The average molecular weight is 216 g/mol. The standard InChI is InChI=1S/C9H16N2O4/c1-7(12)15-8(11-3)4-5-14-9(13)6-10-2/h6,8,11H,4-5H2,1-3H3. The van der Waals surface area contributed by atoms with Crippen molar-refractivity contribution in [2.75, 3.05) is 20.7 Å². The average Bonchev–Trinajstić information content (AvgIpc) is 2.16. The van der Waals surface area contributed by atoms with Gasteiger partial charge in [0.25, 0.3) is 0 Å². The Bertz CT molecular complexity index is 240. The largest absolute Gasteiger partial charge is 0.461 e. The van der Waals surface area contributed by atoms with Crippen molar-refractivity contribution in [2.45, 2.75) is 19.6 Å². The van der Waals surface area contributed by atoms with E-state index in [1.54, 1.807) is 7.05 Å². The van der Waals surface area contributed by atoms with Crippen LogP contribution in [-0.4, -0.2) is 45.1 Å². The van der Waals surface area contributed by atoms with Crippen molar-refractivity contribution in [3.63, 3.8) is 0 Å². The van der Waals surface area contributed by atoms with Gasteiger partial charge in [0, 0.05) is 20.4 Å². The first-order chi connectivity index (χ1) is 7.10. The van der Waals surface area contributed by atoms with Crippen LogP contribution in [0.5, 0.6) is 0 Å². The van der Waals surface area contributed by atoms with Gasteiger partial charge in [-0.1, -0.05) is 0 Å². The van der Waals surface area contributed by atoms with Crippen molar-refractivity contribution < 1.29 is 19.1 Å². The molecule has 0 aromatic rings. The highest BCUT2D eigenvalue weighted by Gasteiger charge is 2.09. The second kappa shape index (κ2) is 7.93. The Balaban J connectivity index is 3.72. The lowest BCUT2D eigenvalue weighted by Gasteiger charge is -2.15. The lowest BCUT2D eigenvalue weighted by atomic mass is 10.4. The van der Waals surface area contributed by atoms with E-state index in [-0.39, 0.29) is 12.6 Å². The molecule has 0 aliphatic heterocycles. The summed E-state index contributed by atoms with van der Waals surface area (Å²) in [6.45, 7) is 1.49. The number of hydrogen-bond donors (Lipinski definition) is 1. The number of carbonyl (C=O) groups excluding carboxylic acids is 2. The number of nitrogens with one attached hydrogen (secondary N) is 1. The van der Waals surface area contributed by atoms with Gasteiger partial charge in [-0.25, -0.2) is 4.79 Å². The van der Waals surface area contributed by atoms with E-state index in [1.807, 2.05) is 0 Å². The van der Waals surface area contributed by atoms with Crippen LogP contribution in [-0.2, 0) is 19.1 Å². The zero-order valence-electron chi connectivity index (χ0n) is 9.15. The van der Waals surface area contributed by atoms with Gasteiger partial charge >= 0.3 is 11.9 Å². The number of esters is 2. The van der Waals surface area contributed by atoms with Gasteiger partial charge in [0.2, 0.25) is 0 Å². The Kier molecular flexibility index (Phi) is 7.17. The van der Waals surface area contributed by atoms with Crippen LogP contribution in [0, 0.1) is 0 Å². The van der Waals surface area contributed by atoms with Crippen LogP contribution in [0.15, 0.2) is 4.99 Å². The van der Waals surface area contributed by atoms with Crippen molar-refractivity contribution in [1.29, 1.82) is 0 Å². The fraction of sp³-hybridized carbons (Fsp3) is 0.667. The first kappa shape index (κ1) is 13.6. The highest BCUT2D eigenvalue weighted by atomic mass is 16.6. The van der Waals surface area contributed by atoms with Crippen molar-refractivity contribution in [1.82, 2.24) is 5.32 Å². The fourth-order valence-corrected chi connectivity index (χ4v) is 0.872. The van der Waals surface area contributed by atoms with E-state index in [9.17, 15) is 9.59 Å². The third kappa shape index (κ3) is 7.63. The molecule has 0 saturated heterocycles. The molecule has 0 heterocycles. The molecule has 6 heteroatoms. The van der Waals surface area contributed by atoms with Crippen molar-refractivity contribution >= 4 is 18.2 Å². The van der Waals surface area contributed by atoms with E-state index in [4.69, 9.17) is 9.47 Å². The maximum atomic E-state index is 10.8. The van der Waals surface area contributed by atoms with Crippen LogP contribution in [0.4, 0.5) is 0 Å². The Morgan fingerprint density at radius 2 is 2.20 bits per heavy atom. The zero-order valence-corrected chi connectivity index (χ0v) is 9.15. The molecular formula is C9H16N2O4. The molecule has 0 aromatic heterocycles. The molecule has 86 valence electrons. The predicted molar refractivity (Wildman–Crippen MR) is 54.6 cm³/mol. The first-order valence-corrected chi connectivity index (χ1v) is 4.53. The number of carbonyl (C=O) groups is 2. The Labute approximate surface area is 88.7 Å². The first-order valence-electron chi connectivity index (χ1n) is 4.53. The second-order valence-electron chi connectivity index (χ2n) is 2.73. The third-order valence-corrected chi connectivity index (χ3v) is 1.49. The number of hydrogen-bond acceptors (Lipinski definition) is 6. The number of nitrogens with zero attached hydrogens (tertiary/aromatic N) is 1. The molecule has 15 heavy (non-hydrogen) atoms. The summed E-state index contributed by atoms with van der Waals surface area (Å²) in [5, 5.41) is 2.77. The van der Waals surface area contributed by atoms with Gasteiger partial charge in [0.15, 0.2) is 6.23 Å². The normalized spacial score (nSPS) is 12.5. The maximum absolute atomic E-state index is 10.8. The van der Waals surface area contributed by atoms with Crippen LogP contribution in [0.25, 0.3) is 0 Å². The summed E-state index contributed by atoms with van der Waals surface area (Å²) in [5.74, 6) is -0.883. The van der Waals surface area contributed by atoms with E-state index in [0.29, 0.717) is 6.42 Å². The zero-order chi connectivity index (χ0) is 11.7. The molecule has 1 unspecified atom stereocenters. The molecule has 1 atom stereocenters. The fourth-order valence-electron chi connectivity index (χ4n) is 0.872. The smallest absolute Gasteiger partial charge is 0.348 e. The minimum Gasteiger partial charge on any atom is -0.461 e. The molecule has 6 nitrogen and oxygen atoms in total. The van der Waals surface area contributed by atoms with Gasteiger partial charge in [-0.05, 0) is 7.05 Å². The number of ether oxygens (including phenoxy) is 2. The summed E-state index contributed by atoms with van der Waals surface area (Å²) >= 11 is 0. The lowest BCUT2D eigenvalue weighted by molar-refractivity contribution is -0.149. The predicted octanol–water partition coefficient (Wildman–Crippen LogP) is -0.271. The van der Waals surface area contributed by atoms with E-state index in [2.05, 4.69) is 10.3 Å². The summed E-state index contributed by atoms with van der Waals surface area (Å²) in [6.07, 6.45) is 1.05. The maximum Gasteiger partial charge on any atom is 0.348 e. The molecule has 0 saturated carbocycles. The molecule has 1 N–H and O–H groups in total. The SMILES string of the molecule is CN=CC(=O)OCCC(NC)OC(C)=O. The molecular weight excluding hydrogens is 200 g/mol. The van der Waals surface area contributed by atoms with Gasteiger partial charge in [0.1, 0.15) is 6.21 Å². The highest BCUT2D eigenvalue weighted by Crippen LogP contribution is 1.95. The van der Waals surface area contributed by atoms with Crippen LogP contribution in [0.1, 0.15) is 13.3 Å². The summed E-state index contributed by atoms with van der Waals surface area (Å²) < 4.78 is 9.64. The highest BCUT2D eigenvalue weighted by molar-refractivity contribution is 6.23. The van der Waals surface area contributed by atoms with Gasteiger partial charge < -0.3 is 9.47 Å². The minimum atomic E-state index is -0.504. The van der Waals surface area contributed by atoms with Crippen LogP contribution >= 0.6 is 0 Å². The summed E-state index contributed by atoms with van der Waals surface area (Å²) in [4.78, 5) is 25.0. The van der Waals surface area contributed by atoms with E-state index in [1.165, 1.54) is 14.0 Å². The van der Waals surface area contributed by atoms with E-state index < -0.39 is 12.2 Å². The van der Waals surface area contributed by atoms with E-state index >= 15 is 0 Å². The third-order valence-electron chi connectivity index (χ3n) is 1.49. The second-order valence-corrected chi connectivity index (χ2v) is 2.73. The Morgan fingerprint density at radius 3 is 2.67 bits per heavy atom. The van der Waals surface area contributed by atoms with Crippen molar-refractivity contribution in [2.24, 2.45) is 4.99 Å². The molecule has 0 rings (SSSR count). The quantitative estimate of drug-likeness (QED) is 0.375. The van der Waals surface area contributed by atoms with Crippen molar-refractivity contribution in [3.05, 3.63) is 0 Å². The van der Waals surface area contributed by atoms with Gasteiger partial charge in [-0.15, -0.1) is 0 Å². The molecule has 0 aliphatic rings. The lowest BCUT2D eigenvalue weighted by Crippen LogP contribution is -2.31. The van der Waals surface area contributed by atoms with Crippen LogP contribution in [0.3, 0.4) is 0 Å². The topological polar surface area (TPSA) is 77.0 Å². The molecule has 0 aromatic carbocycles. The van der Waals surface area contributed by atoms with Crippen LogP contribution in [0.2, 0.25) is 0 Å². The Hall–Kier alpha value is -1.43. The summed E-state index contributed by atoms with van der Waals surface area (Å²) in [6, 6.07) is 0. The summed E-state index contributed by atoms with van der Waals surface area (Å²) in [5.41, 5.74) is 0. The van der Waals surface area contributed by atoms with E-state index in [0.717, 1.165) is 6.21 Å². The molecule has 0 spiro atoms. The van der Waals surface area contributed by atoms with Crippen LogP contribution < -0.4 is 5.32 Å². The molecule has 0 radical (unpaired) electrons. The van der Waals surface area contributed by atoms with Gasteiger partial charge in [0.05, 0.1) is 6.61 Å². The molecule has 0 amide bonds. The monoisotopic (exact) mass is 216 g/mol. The van der Waals surface area contributed by atoms with Gasteiger partial charge in [-0.3, -0.25) is 15.1 Å². The molecule has 0 bridgehead atoms.